The molecule has 0 N–H and O–H groups in total. The summed E-state index contributed by atoms with van der Waals surface area (Å²) in [6.07, 6.45) is 4.33. The number of hydrogen-bond donors (Lipinski definition) is 0. The van der Waals surface area contributed by atoms with E-state index in [0.29, 0.717) is 10.6 Å². The summed E-state index contributed by atoms with van der Waals surface area (Å²) in [5.74, 6) is -0.516. The second-order valence-electron chi connectivity index (χ2n) is 7.11. The Bertz CT molecular complexity index is 1060. The Morgan fingerprint density at radius 1 is 1.17 bits per heavy atom. The molecule has 0 bridgehead atoms. The van der Waals surface area contributed by atoms with Crippen LogP contribution in [0.15, 0.2) is 48.7 Å². The van der Waals surface area contributed by atoms with Crippen molar-refractivity contribution in [1.29, 1.82) is 0 Å². The molecule has 0 aliphatic heterocycles. The summed E-state index contributed by atoms with van der Waals surface area (Å²) >= 11 is 12.4. The summed E-state index contributed by atoms with van der Waals surface area (Å²) in [7, 11) is 0. The Labute approximate surface area is 181 Å². The van der Waals surface area contributed by atoms with Gasteiger partial charge < -0.3 is 4.84 Å². The molecular formula is C24H24Cl2FNO. The summed E-state index contributed by atoms with van der Waals surface area (Å²) in [6, 6.07) is 13.2. The number of aromatic nitrogens is 1. The molecule has 0 amide bonds. The third-order valence-corrected chi connectivity index (χ3v) is 5.65. The Morgan fingerprint density at radius 2 is 1.93 bits per heavy atom. The van der Waals surface area contributed by atoms with Crippen LogP contribution in [0.25, 0.3) is 11.6 Å². The van der Waals surface area contributed by atoms with E-state index >= 15 is 0 Å². The Kier molecular flexibility index (Phi) is 6.71. The predicted molar refractivity (Wildman–Crippen MR) is 120 cm³/mol. The minimum atomic E-state index is -0.534. The number of benzene rings is 2. The number of halogens is 3. The van der Waals surface area contributed by atoms with Crippen LogP contribution in [0.2, 0.25) is 10.0 Å². The van der Waals surface area contributed by atoms with Gasteiger partial charge in [0.1, 0.15) is 5.82 Å². The zero-order valence-corrected chi connectivity index (χ0v) is 18.5. The summed E-state index contributed by atoms with van der Waals surface area (Å²) in [4.78, 5) is 6.11. The summed E-state index contributed by atoms with van der Waals surface area (Å²) in [5, 5.41) is 0.360. The molecule has 0 spiro atoms. The average Bonchev–Trinajstić information content (AvgIpc) is 3.02. The molecule has 3 rings (SSSR count). The van der Waals surface area contributed by atoms with E-state index in [9.17, 15) is 4.39 Å². The lowest BCUT2D eigenvalue weighted by molar-refractivity contribution is 0.0470. The van der Waals surface area contributed by atoms with Crippen molar-refractivity contribution in [3.63, 3.8) is 0 Å². The molecule has 0 fully saturated rings. The Hall–Kier alpha value is -2.23. The maximum atomic E-state index is 13.9. The van der Waals surface area contributed by atoms with E-state index in [1.807, 2.05) is 19.2 Å². The minimum absolute atomic E-state index is 0.0139. The van der Waals surface area contributed by atoms with Gasteiger partial charge in [0.25, 0.3) is 0 Å². The molecule has 1 aromatic heterocycles. The molecule has 0 aliphatic rings. The third kappa shape index (κ3) is 4.68. The first-order valence-corrected chi connectivity index (χ1v) is 10.3. The van der Waals surface area contributed by atoms with Crippen LogP contribution in [0.5, 0.6) is 0 Å². The van der Waals surface area contributed by atoms with Crippen molar-refractivity contribution < 1.29 is 9.23 Å². The van der Waals surface area contributed by atoms with Gasteiger partial charge in [-0.05, 0) is 68.2 Å². The Balaban J connectivity index is 1.97. The zero-order chi connectivity index (χ0) is 21.1. The lowest BCUT2D eigenvalue weighted by Gasteiger charge is -2.20. The lowest BCUT2D eigenvalue weighted by Crippen LogP contribution is -2.17. The molecule has 0 saturated heterocycles. The normalized spacial score (nSPS) is 12.9. The molecule has 1 unspecified atom stereocenters. The molecule has 2 aromatic carbocycles. The van der Waals surface area contributed by atoms with Crippen LogP contribution in [0.4, 0.5) is 4.39 Å². The smallest absolute Gasteiger partial charge is 0.150 e. The maximum Gasteiger partial charge on any atom is 0.150 e. The van der Waals surface area contributed by atoms with Crippen LogP contribution in [-0.2, 0) is 0 Å². The third-order valence-electron chi connectivity index (χ3n) is 4.94. The van der Waals surface area contributed by atoms with E-state index in [1.165, 1.54) is 28.8 Å². The number of hydrogen-bond acceptors (Lipinski definition) is 1. The van der Waals surface area contributed by atoms with Gasteiger partial charge in [-0.15, -0.1) is 0 Å². The molecule has 0 aliphatic carbocycles. The average molecular weight is 432 g/mol. The van der Waals surface area contributed by atoms with Crippen LogP contribution >= 0.6 is 23.2 Å². The highest BCUT2D eigenvalue weighted by Gasteiger charge is 2.20. The highest BCUT2D eigenvalue weighted by Crippen LogP contribution is 2.33. The van der Waals surface area contributed by atoms with Crippen LogP contribution in [-0.4, -0.2) is 4.73 Å². The van der Waals surface area contributed by atoms with E-state index in [0.717, 1.165) is 17.7 Å². The van der Waals surface area contributed by atoms with Crippen LogP contribution in [0, 0.1) is 19.7 Å². The van der Waals surface area contributed by atoms with Gasteiger partial charge in [0.05, 0.1) is 10.7 Å². The van der Waals surface area contributed by atoms with E-state index in [1.54, 1.807) is 11.7 Å². The van der Waals surface area contributed by atoms with Gasteiger partial charge in [0.2, 0.25) is 0 Å². The van der Waals surface area contributed by atoms with Gasteiger partial charge in [0.15, 0.2) is 6.10 Å². The quantitative estimate of drug-likeness (QED) is 0.364. The zero-order valence-electron chi connectivity index (χ0n) is 17.0. The molecule has 5 heteroatoms. The van der Waals surface area contributed by atoms with Gasteiger partial charge in [-0.2, -0.15) is 4.73 Å². The van der Waals surface area contributed by atoms with Gasteiger partial charge >= 0.3 is 0 Å². The second kappa shape index (κ2) is 9.06. The molecule has 152 valence electrons. The molecule has 3 aromatic rings. The monoisotopic (exact) mass is 431 g/mol. The first-order valence-electron chi connectivity index (χ1n) is 9.58. The predicted octanol–water partition coefficient (Wildman–Crippen LogP) is 7.69. The van der Waals surface area contributed by atoms with E-state index in [2.05, 4.69) is 44.2 Å². The minimum Gasteiger partial charge on any atom is -0.406 e. The van der Waals surface area contributed by atoms with Gasteiger partial charge in [-0.1, -0.05) is 60.0 Å². The summed E-state index contributed by atoms with van der Waals surface area (Å²) in [5.41, 5.74) is 6.04. The largest absolute Gasteiger partial charge is 0.406 e. The first kappa shape index (κ1) is 21.5. The number of allylic oxidation sites excluding steroid dienone is 1. The first-order chi connectivity index (χ1) is 13.8. The number of aryl methyl sites for hydroxylation is 2. The van der Waals surface area contributed by atoms with Crippen LogP contribution in [0.3, 0.4) is 0 Å². The molecule has 0 saturated carbocycles. The highest BCUT2D eigenvalue weighted by molar-refractivity contribution is 6.36. The number of nitrogens with zero attached hydrogens (tertiary/aromatic N) is 1. The summed E-state index contributed by atoms with van der Waals surface area (Å²) in [6.45, 7) is 8.05. The Morgan fingerprint density at radius 3 is 2.62 bits per heavy atom. The van der Waals surface area contributed by atoms with E-state index in [-0.39, 0.29) is 5.02 Å². The maximum absolute atomic E-state index is 13.9. The van der Waals surface area contributed by atoms with Crippen LogP contribution in [0.1, 0.15) is 54.3 Å². The van der Waals surface area contributed by atoms with E-state index in [4.69, 9.17) is 28.0 Å². The fraction of sp³-hybridized carbons (Fsp3) is 0.250. The van der Waals surface area contributed by atoms with Crippen LogP contribution < -0.4 is 4.84 Å². The highest BCUT2D eigenvalue weighted by atomic mass is 35.5. The second-order valence-corrected chi connectivity index (χ2v) is 7.89. The molecular weight excluding hydrogens is 408 g/mol. The van der Waals surface area contributed by atoms with Crippen molar-refractivity contribution in [2.45, 2.75) is 40.2 Å². The van der Waals surface area contributed by atoms with Gasteiger partial charge in [-0.25, -0.2) is 4.39 Å². The molecule has 2 nitrogen and oxygen atoms in total. The van der Waals surface area contributed by atoms with Gasteiger partial charge in [0, 0.05) is 16.8 Å². The topological polar surface area (TPSA) is 14.2 Å². The molecule has 29 heavy (non-hydrogen) atoms. The van der Waals surface area contributed by atoms with Crippen molar-refractivity contribution in [3.05, 3.63) is 92.5 Å². The summed E-state index contributed by atoms with van der Waals surface area (Å²) < 4.78 is 15.6. The van der Waals surface area contributed by atoms with Crippen molar-refractivity contribution in [2.75, 3.05) is 0 Å². The standard InChI is InChI=1S/C24H24Cl2FNO/c1-5-18(19-8-6-7-15(2)13-19)14-22-16(3)11-12-28(22)29-17(4)23-20(25)9-10-21(27)24(23)26/h6-14,17H,5H2,1-4H3/b18-14+. The van der Waals surface area contributed by atoms with Crippen molar-refractivity contribution in [1.82, 2.24) is 4.73 Å². The van der Waals surface area contributed by atoms with Crippen molar-refractivity contribution >= 4 is 34.9 Å². The number of rotatable bonds is 6. The van der Waals surface area contributed by atoms with E-state index < -0.39 is 11.9 Å². The molecule has 1 atom stereocenters. The lowest BCUT2D eigenvalue weighted by atomic mass is 10.00. The fourth-order valence-electron chi connectivity index (χ4n) is 3.33. The van der Waals surface area contributed by atoms with Crippen molar-refractivity contribution in [2.24, 2.45) is 0 Å². The molecule has 1 heterocycles. The van der Waals surface area contributed by atoms with Gasteiger partial charge in [-0.3, -0.25) is 0 Å². The SMILES string of the molecule is CC/C(=C\c1c(C)ccn1OC(C)c1c(Cl)ccc(F)c1Cl)c1cccc(C)c1. The molecule has 0 radical (unpaired) electrons. The van der Waals surface area contributed by atoms with Crippen molar-refractivity contribution in [3.8, 4) is 0 Å². The fourth-order valence-corrected chi connectivity index (χ4v) is 4.00.